The van der Waals surface area contributed by atoms with Crippen LogP contribution in [-0.4, -0.2) is 28.9 Å². The number of allylic oxidation sites excluding steroid dienone is 3. The van der Waals surface area contributed by atoms with Gasteiger partial charge in [-0.1, -0.05) is 48.7 Å². The summed E-state index contributed by atoms with van der Waals surface area (Å²) in [6.45, 7) is 6.15. The quantitative estimate of drug-likeness (QED) is 0.662. The van der Waals surface area contributed by atoms with Crippen molar-refractivity contribution in [3.8, 4) is 0 Å². The van der Waals surface area contributed by atoms with Crippen LogP contribution in [0.4, 0.5) is 5.69 Å². The summed E-state index contributed by atoms with van der Waals surface area (Å²) in [5.74, 6) is 0.0341. The molecule has 1 saturated heterocycles. The second-order valence-electron chi connectivity index (χ2n) is 5.41. The Balaban J connectivity index is 1.82. The SMILES string of the molecule is C=C/C=C\C1=C(C)N=C2SC(c3ccc(NC=O)cc3)C(=O)N2C1. The molecular formula is C18H17N3O2S. The standard InChI is InChI=1S/C18H17N3O2S/c1-3-4-5-14-10-21-17(23)16(24-18(21)20-12(14)2)13-6-8-15(9-7-13)19-11-22/h3-9,11,16H,1,10H2,2H3,(H,19,22)/b5-4-. The number of hydrogen-bond acceptors (Lipinski definition) is 4. The van der Waals surface area contributed by atoms with Gasteiger partial charge in [-0.2, -0.15) is 0 Å². The van der Waals surface area contributed by atoms with Crippen molar-refractivity contribution in [1.29, 1.82) is 0 Å². The van der Waals surface area contributed by atoms with Gasteiger partial charge in [-0.3, -0.25) is 14.5 Å². The van der Waals surface area contributed by atoms with Crippen LogP contribution >= 0.6 is 11.8 Å². The number of nitrogens with zero attached hydrogens (tertiary/aromatic N) is 2. The maximum Gasteiger partial charge on any atom is 0.246 e. The van der Waals surface area contributed by atoms with E-state index in [1.54, 1.807) is 23.1 Å². The zero-order chi connectivity index (χ0) is 17.1. The molecule has 1 aromatic rings. The first-order chi connectivity index (χ1) is 11.6. The van der Waals surface area contributed by atoms with Crippen molar-refractivity contribution in [2.75, 3.05) is 11.9 Å². The van der Waals surface area contributed by atoms with Gasteiger partial charge in [-0.15, -0.1) is 0 Å². The summed E-state index contributed by atoms with van der Waals surface area (Å²) in [4.78, 5) is 29.5. The molecule has 0 aromatic heterocycles. The maximum atomic E-state index is 12.8. The highest BCUT2D eigenvalue weighted by atomic mass is 32.2. The maximum absolute atomic E-state index is 12.8. The summed E-state index contributed by atoms with van der Waals surface area (Å²) in [5, 5.41) is 3.03. The molecule has 122 valence electrons. The van der Waals surface area contributed by atoms with Gasteiger partial charge in [-0.25, -0.2) is 4.99 Å². The van der Waals surface area contributed by atoms with Crippen molar-refractivity contribution < 1.29 is 9.59 Å². The summed E-state index contributed by atoms with van der Waals surface area (Å²) < 4.78 is 0. The van der Waals surface area contributed by atoms with E-state index in [-0.39, 0.29) is 11.2 Å². The van der Waals surface area contributed by atoms with Crippen molar-refractivity contribution in [3.05, 3.63) is 65.9 Å². The monoisotopic (exact) mass is 339 g/mol. The van der Waals surface area contributed by atoms with E-state index in [4.69, 9.17) is 0 Å². The van der Waals surface area contributed by atoms with E-state index in [1.165, 1.54) is 11.8 Å². The molecule has 5 nitrogen and oxygen atoms in total. The van der Waals surface area contributed by atoms with Gasteiger partial charge in [0.2, 0.25) is 12.3 Å². The third kappa shape index (κ3) is 3.05. The number of carbonyl (C=O) groups excluding carboxylic acids is 2. The summed E-state index contributed by atoms with van der Waals surface area (Å²) >= 11 is 1.46. The van der Waals surface area contributed by atoms with Crippen molar-refractivity contribution in [1.82, 2.24) is 4.90 Å². The van der Waals surface area contributed by atoms with Crippen LogP contribution < -0.4 is 5.32 Å². The lowest BCUT2D eigenvalue weighted by molar-refractivity contribution is -0.126. The molecule has 24 heavy (non-hydrogen) atoms. The Hall–Kier alpha value is -2.60. The number of benzene rings is 1. The van der Waals surface area contributed by atoms with Crippen molar-refractivity contribution in [3.63, 3.8) is 0 Å². The van der Waals surface area contributed by atoms with Crippen LogP contribution in [0, 0.1) is 0 Å². The normalized spacial score (nSPS) is 20.2. The molecule has 3 rings (SSSR count). The molecule has 6 heteroatoms. The third-order valence-corrected chi connectivity index (χ3v) is 5.11. The van der Waals surface area contributed by atoms with Gasteiger partial charge < -0.3 is 5.32 Å². The minimum atomic E-state index is -0.301. The van der Waals surface area contributed by atoms with E-state index in [0.717, 1.165) is 22.0 Å². The fourth-order valence-corrected chi connectivity index (χ4v) is 3.78. The Morgan fingerprint density at radius 3 is 2.79 bits per heavy atom. The topological polar surface area (TPSA) is 61.8 Å². The molecular weight excluding hydrogens is 322 g/mol. The molecule has 2 aliphatic heterocycles. The molecule has 2 aliphatic rings. The second-order valence-corrected chi connectivity index (χ2v) is 6.48. The summed E-state index contributed by atoms with van der Waals surface area (Å²) in [6, 6.07) is 7.30. The Morgan fingerprint density at radius 1 is 1.38 bits per heavy atom. The lowest BCUT2D eigenvalue weighted by Crippen LogP contribution is -2.34. The number of amides is 2. The molecule has 1 N–H and O–H groups in total. The molecule has 1 fully saturated rings. The van der Waals surface area contributed by atoms with E-state index >= 15 is 0 Å². The Bertz CT molecular complexity index is 778. The molecule has 1 unspecified atom stereocenters. The van der Waals surface area contributed by atoms with Crippen LogP contribution in [0.25, 0.3) is 0 Å². The number of rotatable bonds is 5. The van der Waals surface area contributed by atoms with Gasteiger partial charge in [-0.05, 0) is 30.2 Å². The highest BCUT2D eigenvalue weighted by molar-refractivity contribution is 8.15. The summed E-state index contributed by atoms with van der Waals surface area (Å²) in [6.07, 6.45) is 6.13. The number of carbonyl (C=O) groups is 2. The number of nitrogens with one attached hydrogen (secondary N) is 1. The van der Waals surface area contributed by atoms with Crippen molar-refractivity contribution >= 4 is 34.9 Å². The van der Waals surface area contributed by atoms with E-state index in [2.05, 4.69) is 16.9 Å². The number of anilines is 1. The van der Waals surface area contributed by atoms with Gasteiger partial charge >= 0.3 is 0 Å². The summed E-state index contributed by atoms with van der Waals surface area (Å²) in [5.41, 5.74) is 3.54. The fourth-order valence-electron chi connectivity index (χ4n) is 2.58. The van der Waals surface area contributed by atoms with Crippen LogP contribution in [0.2, 0.25) is 0 Å². The van der Waals surface area contributed by atoms with Crippen LogP contribution in [0.5, 0.6) is 0 Å². The molecule has 1 aromatic carbocycles. The number of aliphatic imine (C=N–C) groups is 1. The Morgan fingerprint density at radius 2 is 2.12 bits per heavy atom. The van der Waals surface area contributed by atoms with Crippen LogP contribution in [0.3, 0.4) is 0 Å². The van der Waals surface area contributed by atoms with E-state index < -0.39 is 0 Å². The van der Waals surface area contributed by atoms with Crippen LogP contribution in [0.1, 0.15) is 17.7 Å². The van der Waals surface area contributed by atoms with Crippen molar-refractivity contribution in [2.24, 2.45) is 4.99 Å². The molecule has 1 atom stereocenters. The lowest BCUT2D eigenvalue weighted by atomic mass is 10.1. The number of amidine groups is 1. The third-order valence-electron chi connectivity index (χ3n) is 3.87. The largest absolute Gasteiger partial charge is 0.329 e. The highest BCUT2D eigenvalue weighted by Gasteiger charge is 2.40. The Kier molecular flexibility index (Phi) is 4.66. The highest BCUT2D eigenvalue weighted by Crippen LogP contribution is 2.42. The molecule has 0 bridgehead atoms. The first-order valence-corrected chi connectivity index (χ1v) is 8.37. The van der Waals surface area contributed by atoms with Gasteiger partial charge in [0.15, 0.2) is 5.17 Å². The van der Waals surface area contributed by atoms with Gasteiger partial charge in [0.05, 0.1) is 6.54 Å². The van der Waals surface area contributed by atoms with E-state index in [0.29, 0.717) is 18.6 Å². The smallest absolute Gasteiger partial charge is 0.246 e. The van der Waals surface area contributed by atoms with Crippen LogP contribution in [0.15, 0.2) is 65.3 Å². The minimum Gasteiger partial charge on any atom is -0.329 e. The predicted molar refractivity (Wildman–Crippen MR) is 97.6 cm³/mol. The summed E-state index contributed by atoms with van der Waals surface area (Å²) in [7, 11) is 0. The Labute approximate surface area is 144 Å². The zero-order valence-corrected chi connectivity index (χ0v) is 14.0. The molecule has 2 amide bonds. The van der Waals surface area contributed by atoms with Gasteiger partial charge in [0.25, 0.3) is 0 Å². The zero-order valence-electron chi connectivity index (χ0n) is 13.2. The van der Waals surface area contributed by atoms with E-state index in [1.807, 2.05) is 31.2 Å². The average Bonchev–Trinajstić information content (AvgIpc) is 2.90. The fraction of sp³-hybridized carbons (Fsp3) is 0.167. The first kappa shape index (κ1) is 16.3. The van der Waals surface area contributed by atoms with E-state index in [9.17, 15) is 9.59 Å². The molecule has 0 aliphatic carbocycles. The minimum absolute atomic E-state index is 0.0341. The molecule has 0 saturated carbocycles. The first-order valence-electron chi connectivity index (χ1n) is 7.49. The van der Waals surface area contributed by atoms with Gasteiger partial charge in [0.1, 0.15) is 5.25 Å². The van der Waals surface area contributed by atoms with Gasteiger partial charge in [0, 0.05) is 11.4 Å². The lowest BCUT2D eigenvalue weighted by Gasteiger charge is -2.22. The van der Waals surface area contributed by atoms with Crippen molar-refractivity contribution in [2.45, 2.75) is 12.2 Å². The molecule has 0 radical (unpaired) electrons. The average molecular weight is 339 g/mol. The molecule has 0 spiro atoms. The number of thioether (sulfide) groups is 1. The molecule has 2 heterocycles. The van der Waals surface area contributed by atoms with Crippen LogP contribution in [-0.2, 0) is 9.59 Å². The predicted octanol–water partition coefficient (Wildman–Crippen LogP) is 3.26. The number of fused-ring (bicyclic) bond motifs is 1. The number of hydrogen-bond donors (Lipinski definition) is 1. The second kappa shape index (κ2) is 6.88.